The molecule has 1 aliphatic rings. The highest BCUT2D eigenvalue weighted by Gasteiger charge is 2.12. The number of hydrogen-bond donors (Lipinski definition) is 0. The predicted octanol–water partition coefficient (Wildman–Crippen LogP) is 4.42. The minimum absolute atomic E-state index is 0.124. The highest BCUT2D eigenvalue weighted by Crippen LogP contribution is 2.19. The Morgan fingerprint density at radius 1 is 1.18 bits per heavy atom. The fourth-order valence-corrected chi connectivity index (χ4v) is 1.75. The Labute approximate surface area is 104 Å². The Kier molecular flexibility index (Phi) is 5.41. The Morgan fingerprint density at radius 2 is 1.82 bits per heavy atom. The third kappa shape index (κ3) is 3.70. The molecule has 0 N–H and O–H groups in total. The molecule has 0 heterocycles. The molecule has 0 spiro atoms. The lowest BCUT2D eigenvalue weighted by atomic mass is 9.93. The molecule has 0 aromatic heterocycles. The van der Waals surface area contributed by atoms with Crippen LogP contribution in [0.15, 0.2) is 54.1 Å². The molecule has 1 aromatic carbocycles. The third-order valence-electron chi connectivity index (χ3n) is 2.57. The van der Waals surface area contributed by atoms with Crippen LogP contribution in [0.1, 0.15) is 37.6 Å². The molecule has 0 radical (unpaired) electrons. The average Bonchev–Trinajstić information content (AvgIpc) is 2.41. The van der Waals surface area contributed by atoms with Gasteiger partial charge in [0.15, 0.2) is 5.78 Å². The molecule has 0 bridgehead atoms. The zero-order chi connectivity index (χ0) is 12.7. The van der Waals surface area contributed by atoms with Gasteiger partial charge in [0.2, 0.25) is 0 Å². The summed E-state index contributed by atoms with van der Waals surface area (Å²) in [7, 11) is 0. The van der Waals surface area contributed by atoms with Crippen molar-refractivity contribution in [2.24, 2.45) is 5.92 Å². The summed E-state index contributed by atoms with van der Waals surface area (Å²) in [5.41, 5.74) is 1.59. The van der Waals surface area contributed by atoms with Crippen LogP contribution in [-0.2, 0) is 0 Å². The van der Waals surface area contributed by atoms with Crippen LogP contribution in [0.5, 0.6) is 0 Å². The number of allylic oxidation sites excluding steroid dienone is 4. The minimum Gasteiger partial charge on any atom is -0.289 e. The zero-order valence-corrected chi connectivity index (χ0v) is 10.8. The van der Waals surface area contributed by atoms with Crippen LogP contribution in [0.4, 0.5) is 0 Å². The molecule has 90 valence electrons. The number of carbonyl (C=O) groups excluding carboxylic acids is 1. The van der Waals surface area contributed by atoms with Crippen molar-refractivity contribution < 1.29 is 4.79 Å². The largest absolute Gasteiger partial charge is 0.289 e. The molecule has 17 heavy (non-hydrogen) atoms. The summed E-state index contributed by atoms with van der Waals surface area (Å²) in [6, 6.07) is 9.42. The average molecular weight is 228 g/mol. The highest BCUT2D eigenvalue weighted by molar-refractivity contribution is 6.10. The first-order chi connectivity index (χ1) is 8.27. The van der Waals surface area contributed by atoms with Crippen LogP contribution in [-0.4, -0.2) is 5.78 Å². The lowest BCUT2D eigenvalue weighted by Crippen LogP contribution is -2.06. The van der Waals surface area contributed by atoms with E-state index in [1.807, 2.05) is 50.3 Å². The van der Waals surface area contributed by atoms with Gasteiger partial charge in [-0.2, -0.15) is 0 Å². The van der Waals surface area contributed by atoms with Crippen LogP contribution >= 0.6 is 0 Å². The van der Waals surface area contributed by atoms with Crippen LogP contribution in [0.2, 0.25) is 0 Å². The molecular weight excluding hydrogens is 208 g/mol. The van der Waals surface area contributed by atoms with Gasteiger partial charge in [0, 0.05) is 11.1 Å². The maximum absolute atomic E-state index is 12.0. The van der Waals surface area contributed by atoms with E-state index in [1.54, 1.807) is 0 Å². The second kappa shape index (κ2) is 6.85. The van der Waals surface area contributed by atoms with Crippen LogP contribution in [0.3, 0.4) is 0 Å². The molecule has 1 heteroatoms. The first-order valence-electron chi connectivity index (χ1n) is 6.25. The molecule has 0 amide bonds. The van der Waals surface area contributed by atoms with Gasteiger partial charge in [0.05, 0.1) is 0 Å². The third-order valence-corrected chi connectivity index (χ3v) is 2.57. The van der Waals surface area contributed by atoms with Crippen LogP contribution in [0, 0.1) is 5.92 Å². The van der Waals surface area contributed by atoms with E-state index >= 15 is 0 Å². The Hall–Kier alpha value is -1.63. The Bertz CT molecular complexity index is 412. The van der Waals surface area contributed by atoms with Crippen molar-refractivity contribution in [1.29, 1.82) is 0 Å². The molecule has 1 atom stereocenters. The molecule has 1 nitrogen and oxygen atoms in total. The van der Waals surface area contributed by atoms with E-state index in [2.05, 4.69) is 19.1 Å². The predicted molar refractivity (Wildman–Crippen MR) is 73.1 cm³/mol. The summed E-state index contributed by atoms with van der Waals surface area (Å²) in [5.74, 6) is 0.594. The molecule has 1 unspecified atom stereocenters. The van der Waals surface area contributed by atoms with Crippen molar-refractivity contribution >= 4 is 5.78 Å². The number of hydrogen-bond acceptors (Lipinski definition) is 1. The molecule has 1 aromatic rings. The fourth-order valence-electron chi connectivity index (χ4n) is 1.75. The van der Waals surface area contributed by atoms with E-state index in [0.29, 0.717) is 5.92 Å². The van der Waals surface area contributed by atoms with Crippen molar-refractivity contribution in [3.05, 3.63) is 59.7 Å². The lowest BCUT2D eigenvalue weighted by molar-refractivity contribution is 0.103. The Balaban J connectivity index is 0.000000686. The van der Waals surface area contributed by atoms with Crippen molar-refractivity contribution in [3.8, 4) is 0 Å². The van der Waals surface area contributed by atoms with Gasteiger partial charge in [-0.1, -0.05) is 69.3 Å². The topological polar surface area (TPSA) is 17.1 Å². The van der Waals surface area contributed by atoms with E-state index in [4.69, 9.17) is 0 Å². The monoisotopic (exact) mass is 228 g/mol. The van der Waals surface area contributed by atoms with Crippen molar-refractivity contribution in [1.82, 2.24) is 0 Å². The number of benzene rings is 1. The van der Waals surface area contributed by atoms with Crippen molar-refractivity contribution in [2.45, 2.75) is 27.2 Å². The molecule has 0 saturated carbocycles. The zero-order valence-electron chi connectivity index (χ0n) is 10.8. The molecular formula is C16H20O. The molecule has 0 aliphatic heterocycles. The van der Waals surface area contributed by atoms with Gasteiger partial charge >= 0.3 is 0 Å². The van der Waals surface area contributed by atoms with Crippen LogP contribution < -0.4 is 0 Å². The van der Waals surface area contributed by atoms with Gasteiger partial charge in [-0.15, -0.1) is 0 Å². The number of rotatable bonds is 2. The van der Waals surface area contributed by atoms with E-state index < -0.39 is 0 Å². The molecule has 1 aliphatic carbocycles. The molecule has 2 rings (SSSR count). The normalized spacial score (nSPS) is 17.8. The first kappa shape index (κ1) is 13.4. The van der Waals surface area contributed by atoms with Gasteiger partial charge in [-0.05, 0) is 12.3 Å². The lowest BCUT2D eigenvalue weighted by Gasteiger charge is -2.11. The number of ketones is 1. The van der Waals surface area contributed by atoms with Crippen LogP contribution in [0.25, 0.3) is 0 Å². The minimum atomic E-state index is 0.124. The van der Waals surface area contributed by atoms with Crippen molar-refractivity contribution in [2.75, 3.05) is 0 Å². The summed E-state index contributed by atoms with van der Waals surface area (Å²) < 4.78 is 0. The number of carbonyl (C=O) groups is 1. The van der Waals surface area contributed by atoms with E-state index in [9.17, 15) is 4.79 Å². The van der Waals surface area contributed by atoms with E-state index in [-0.39, 0.29) is 5.78 Å². The molecule has 0 saturated heterocycles. The van der Waals surface area contributed by atoms with Gasteiger partial charge in [0.25, 0.3) is 0 Å². The Morgan fingerprint density at radius 3 is 2.41 bits per heavy atom. The summed E-state index contributed by atoms with van der Waals surface area (Å²) in [4.78, 5) is 12.0. The SMILES string of the molecule is CC.CC1C=C(C(=O)c2ccccc2)C=CC1. The first-order valence-corrected chi connectivity index (χ1v) is 6.25. The summed E-state index contributed by atoms with van der Waals surface area (Å²) in [6.07, 6.45) is 7.08. The maximum atomic E-state index is 12.0. The van der Waals surface area contributed by atoms with E-state index in [1.165, 1.54) is 0 Å². The summed E-state index contributed by atoms with van der Waals surface area (Å²) in [6.45, 7) is 6.13. The fraction of sp³-hybridized carbons (Fsp3) is 0.312. The van der Waals surface area contributed by atoms with Gasteiger partial charge in [-0.3, -0.25) is 4.79 Å². The quantitative estimate of drug-likeness (QED) is 0.685. The smallest absolute Gasteiger partial charge is 0.192 e. The second-order valence-corrected chi connectivity index (χ2v) is 3.93. The number of Topliss-reactive ketones (excluding diaryl/α,β-unsaturated/α-hetero) is 1. The van der Waals surface area contributed by atoms with E-state index in [0.717, 1.165) is 17.6 Å². The van der Waals surface area contributed by atoms with Gasteiger partial charge in [-0.25, -0.2) is 0 Å². The second-order valence-electron chi connectivity index (χ2n) is 3.93. The molecule has 0 fully saturated rings. The van der Waals surface area contributed by atoms with Gasteiger partial charge < -0.3 is 0 Å². The summed E-state index contributed by atoms with van der Waals surface area (Å²) >= 11 is 0. The maximum Gasteiger partial charge on any atom is 0.192 e. The summed E-state index contributed by atoms with van der Waals surface area (Å²) in [5, 5.41) is 0. The standard InChI is InChI=1S/C14H14O.C2H6/c1-11-6-5-9-13(10-11)14(15)12-7-3-2-4-8-12;1-2/h2-5,7-11H,6H2,1H3;1-2H3. The van der Waals surface area contributed by atoms with Gasteiger partial charge in [0.1, 0.15) is 0 Å². The van der Waals surface area contributed by atoms with Crippen molar-refractivity contribution in [3.63, 3.8) is 0 Å². The highest BCUT2D eigenvalue weighted by atomic mass is 16.1.